The van der Waals surface area contributed by atoms with Gasteiger partial charge in [0.1, 0.15) is 0 Å². The van der Waals surface area contributed by atoms with Crippen LogP contribution in [0.1, 0.15) is 5.56 Å². The molecular formula is C58H35N7. The van der Waals surface area contributed by atoms with Gasteiger partial charge in [0, 0.05) is 49.7 Å². The first-order valence-electron chi connectivity index (χ1n) is 21.2. The van der Waals surface area contributed by atoms with Crippen LogP contribution in [0.5, 0.6) is 0 Å². The van der Waals surface area contributed by atoms with Crippen molar-refractivity contribution in [3.8, 4) is 90.7 Å². The number of hydrogen-bond acceptors (Lipinski definition) is 5. The minimum Gasteiger partial charge on any atom is -0.308 e. The molecule has 0 aliphatic carbocycles. The molecule has 11 rings (SSSR count). The van der Waals surface area contributed by atoms with Gasteiger partial charge in [-0.1, -0.05) is 170 Å². The van der Waals surface area contributed by atoms with Crippen molar-refractivity contribution >= 4 is 27.5 Å². The summed E-state index contributed by atoms with van der Waals surface area (Å²) in [6, 6.07) is 73.5. The van der Waals surface area contributed by atoms with Crippen molar-refractivity contribution in [2.24, 2.45) is 0 Å². The molecule has 0 fully saturated rings. The molecule has 7 heteroatoms. The monoisotopic (exact) mass is 829 g/mol. The number of nitriles is 1. The van der Waals surface area contributed by atoms with E-state index in [4.69, 9.17) is 26.5 Å². The molecule has 0 saturated heterocycles. The predicted molar refractivity (Wildman–Crippen MR) is 261 cm³/mol. The van der Waals surface area contributed by atoms with Crippen LogP contribution in [-0.2, 0) is 0 Å². The van der Waals surface area contributed by atoms with E-state index < -0.39 is 0 Å². The van der Waals surface area contributed by atoms with E-state index in [1.165, 1.54) is 0 Å². The minimum atomic E-state index is 0.424. The summed E-state index contributed by atoms with van der Waals surface area (Å²) in [4.78, 5) is 24.6. The summed E-state index contributed by atoms with van der Waals surface area (Å²) in [5, 5.41) is 12.4. The zero-order valence-corrected chi connectivity index (χ0v) is 34.8. The van der Waals surface area contributed by atoms with Gasteiger partial charge in [0.05, 0.1) is 52.1 Å². The lowest BCUT2D eigenvalue weighted by atomic mass is 9.98. The molecule has 3 heterocycles. The number of fused-ring (bicyclic) bond motifs is 3. The first kappa shape index (κ1) is 38.6. The molecule has 7 nitrogen and oxygen atoms in total. The quantitative estimate of drug-likeness (QED) is 0.142. The molecule has 0 spiro atoms. The fourth-order valence-corrected chi connectivity index (χ4v) is 8.56. The molecule has 0 aliphatic heterocycles. The third kappa shape index (κ3) is 7.26. The molecular weight excluding hydrogens is 795 g/mol. The summed E-state index contributed by atoms with van der Waals surface area (Å²) < 4.78 is 2.28. The molecule has 65 heavy (non-hydrogen) atoms. The van der Waals surface area contributed by atoms with Gasteiger partial charge in [0.25, 0.3) is 0 Å². The lowest BCUT2D eigenvalue weighted by Gasteiger charge is -2.17. The summed E-state index contributed by atoms with van der Waals surface area (Å²) in [6.45, 7) is 7.56. The van der Waals surface area contributed by atoms with E-state index in [-0.39, 0.29) is 0 Å². The van der Waals surface area contributed by atoms with Gasteiger partial charge in [-0.25, -0.2) is 24.8 Å². The van der Waals surface area contributed by atoms with E-state index in [0.717, 1.165) is 94.8 Å². The van der Waals surface area contributed by atoms with E-state index >= 15 is 0 Å². The highest BCUT2D eigenvalue weighted by atomic mass is 15.0. The molecule has 0 amide bonds. The maximum Gasteiger partial charge on any atom is 0.188 e. The van der Waals surface area contributed by atoms with E-state index in [0.29, 0.717) is 22.9 Å². The highest BCUT2D eigenvalue weighted by Gasteiger charge is 2.22. The number of rotatable bonds is 8. The molecule has 0 atom stereocenters. The Bertz CT molecular complexity index is 3550. The Kier molecular flexibility index (Phi) is 9.82. The number of para-hydroxylation sites is 1. The lowest BCUT2D eigenvalue weighted by molar-refractivity contribution is 1.13. The molecule has 0 bridgehead atoms. The Balaban J connectivity index is 1.21. The first-order valence-corrected chi connectivity index (χ1v) is 21.2. The van der Waals surface area contributed by atoms with Gasteiger partial charge >= 0.3 is 0 Å². The van der Waals surface area contributed by atoms with Crippen LogP contribution in [0.4, 0.5) is 5.69 Å². The second kappa shape index (κ2) is 16.5. The molecule has 0 saturated carbocycles. The highest BCUT2D eigenvalue weighted by molar-refractivity contribution is 6.11. The summed E-state index contributed by atoms with van der Waals surface area (Å²) >= 11 is 0. The highest BCUT2D eigenvalue weighted by Crippen LogP contribution is 2.41. The molecule has 0 aliphatic rings. The smallest absolute Gasteiger partial charge is 0.188 e. The number of nitrogens with zero attached hydrogens (tertiary/aromatic N) is 7. The van der Waals surface area contributed by atoms with E-state index in [2.05, 4.69) is 125 Å². The van der Waals surface area contributed by atoms with E-state index in [9.17, 15) is 5.26 Å². The Morgan fingerprint density at radius 1 is 0.400 bits per heavy atom. The fourth-order valence-electron chi connectivity index (χ4n) is 8.56. The maximum absolute atomic E-state index is 10.2. The number of hydrogen-bond donors (Lipinski definition) is 0. The van der Waals surface area contributed by atoms with Crippen molar-refractivity contribution in [1.82, 2.24) is 24.5 Å². The zero-order valence-electron chi connectivity index (χ0n) is 34.8. The maximum atomic E-state index is 10.2. The number of aromatic nitrogens is 5. The SMILES string of the molecule is [C-]#[N+]c1ccc(-c2ccc3c4ccccc4n(-c4ccc(-c5cc(-c6ccccc6)nc(-c6ccccc6)n5)cc4-c4nc(-c5ccccc5)cc(-c5ccccc5)n4)c3c2)c(C#N)c1. The Labute approximate surface area is 375 Å². The van der Waals surface area contributed by atoms with Crippen LogP contribution in [0.15, 0.2) is 212 Å². The van der Waals surface area contributed by atoms with Crippen molar-refractivity contribution in [1.29, 1.82) is 5.26 Å². The molecule has 8 aromatic carbocycles. The Morgan fingerprint density at radius 2 is 0.908 bits per heavy atom. The normalized spacial score (nSPS) is 11.0. The van der Waals surface area contributed by atoms with E-state index in [1.54, 1.807) is 12.1 Å². The lowest BCUT2D eigenvalue weighted by Crippen LogP contribution is -2.03. The van der Waals surface area contributed by atoms with Gasteiger partial charge in [0.2, 0.25) is 0 Å². The number of benzene rings is 8. The van der Waals surface area contributed by atoms with E-state index in [1.807, 2.05) is 91.0 Å². The second-order valence-electron chi connectivity index (χ2n) is 15.7. The standard InChI is InChI=1S/C58H35N7/c1-60-45-28-30-46(44(32-45)37-59)42-26-29-48-47-24-14-15-25-54(47)65(56(48)34-42)55-31-27-43(53-36-50(38-16-6-2-7-17-38)61-57(62-53)41-22-12-5-13-23-41)33-49(55)58-63-51(39-18-8-3-9-19-39)35-52(64-58)40-20-10-4-11-21-40/h2-36H. The minimum absolute atomic E-state index is 0.424. The van der Waals surface area contributed by atoms with Gasteiger partial charge in [0.15, 0.2) is 17.3 Å². The molecule has 11 aromatic rings. The third-order valence-corrected chi connectivity index (χ3v) is 11.7. The van der Waals surface area contributed by atoms with Crippen molar-refractivity contribution in [3.05, 3.63) is 229 Å². The van der Waals surface area contributed by atoms with Crippen molar-refractivity contribution in [2.45, 2.75) is 0 Å². The predicted octanol–water partition coefficient (Wildman–Crippen LogP) is 14.5. The van der Waals surface area contributed by atoms with Gasteiger partial charge in [-0.3, -0.25) is 0 Å². The van der Waals surface area contributed by atoms with Crippen molar-refractivity contribution < 1.29 is 0 Å². The Morgan fingerprint density at radius 3 is 1.49 bits per heavy atom. The van der Waals surface area contributed by atoms with Gasteiger partial charge in [-0.2, -0.15) is 5.26 Å². The molecule has 0 N–H and O–H groups in total. The van der Waals surface area contributed by atoms with Crippen LogP contribution in [0.3, 0.4) is 0 Å². The van der Waals surface area contributed by atoms with Crippen LogP contribution >= 0.6 is 0 Å². The van der Waals surface area contributed by atoms with Crippen LogP contribution < -0.4 is 0 Å². The molecule has 0 unspecified atom stereocenters. The van der Waals surface area contributed by atoms with Crippen molar-refractivity contribution in [2.75, 3.05) is 0 Å². The van der Waals surface area contributed by atoms with Gasteiger partial charge < -0.3 is 4.57 Å². The van der Waals surface area contributed by atoms with Gasteiger partial charge in [-0.15, -0.1) is 0 Å². The second-order valence-corrected chi connectivity index (χ2v) is 15.7. The average molecular weight is 830 g/mol. The summed E-state index contributed by atoms with van der Waals surface area (Å²) in [5.41, 5.74) is 14.0. The van der Waals surface area contributed by atoms with Crippen LogP contribution in [0.2, 0.25) is 0 Å². The summed E-state index contributed by atoms with van der Waals surface area (Å²) in [7, 11) is 0. The fraction of sp³-hybridized carbons (Fsp3) is 0. The van der Waals surface area contributed by atoms with Crippen LogP contribution in [0, 0.1) is 17.9 Å². The van der Waals surface area contributed by atoms with Gasteiger partial charge in [-0.05, 0) is 53.6 Å². The summed E-state index contributed by atoms with van der Waals surface area (Å²) in [6.07, 6.45) is 0. The molecule has 302 valence electrons. The van der Waals surface area contributed by atoms with Crippen LogP contribution in [0.25, 0.3) is 111 Å². The summed E-state index contributed by atoms with van der Waals surface area (Å²) in [5.74, 6) is 1.17. The molecule has 0 radical (unpaired) electrons. The van der Waals surface area contributed by atoms with Crippen LogP contribution in [-0.4, -0.2) is 24.5 Å². The van der Waals surface area contributed by atoms with Crippen molar-refractivity contribution in [3.63, 3.8) is 0 Å². The largest absolute Gasteiger partial charge is 0.308 e. The Hall–Kier alpha value is -9.30. The first-order chi connectivity index (χ1) is 32.1. The zero-order chi connectivity index (χ0) is 43.7. The molecule has 3 aromatic heterocycles. The third-order valence-electron chi connectivity index (χ3n) is 11.7. The average Bonchev–Trinajstić information content (AvgIpc) is 3.72. The topological polar surface area (TPSA) is 84.6 Å².